The van der Waals surface area contributed by atoms with Crippen LogP contribution in [0.5, 0.6) is 0 Å². The number of rotatable bonds is 3. The Hall–Kier alpha value is -3.92. The van der Waals surface area contributed by atoms with E-state index in [9.17, 15) is 13.2 Å². The Balaban J connectivity index is 1.43. The first-order valence-corrected chi connectivity index (χ1v) is 10.2. The molecular formula is C28H18F3N. The van der Waals surface area contributed by atoms with Gasteiger partial charge in [-0.2, -0.15) is 13.2 Å². The third-order valence-corrected chi connectivity index (χ3v) is 5.62. The van der Waals surface area contributed by atoms with Crippen molar-refractivity contribution in [1.29, 1.82) is 0 Å². The molecule has 0 atom stereocenters. The number of fused-ring (bicyclic) bond motifs is 1. The van der Waals surface area contributed by atoms with Crippen LogP contribution in [0.25, 0.3) is 44.2 Å². The van der Waals surface area contributed by atoms with Crippen LogP contribution in [0.3, 0.4) is 0 Å². The fourth-order valence-electron chi connectivity index (χ4n) is 3.86. The highest BCUT2D eigenvalue weighted by molar-refractivity contribution is 5.91. The van der Waals surface area contributed by atoms with E-state index < -0.39 is 11.7 Å². The van der Waals surface area contributed by atoms with Gasteiger partial charge in [-0.15, -0.1) is 0 Å². The predicted molar refractivity (Wildman–Crippen MR) is 123 cm³/mol. The second-order valence-corrected chi connectivity index (χ2v) is 7.67. The van der Waals surface area contributed by atoms with Gasteiger partial charge < -0.3 is 0 Å². The first-order chi connectivity index (χ1) is 15.5. The molecule has 0 aliphatic heterocycles. The fourth-order valence-corrected chi connectivity index (χ4v) is 3.86. The number of nitrogens with zero attached hydrogens (tertiary/aromatic N) is 1. The van der Waals surface area contributed by atoms with E-state index in [4.69, 9.17) is 0 Å². The topological polar surface area (TPSA) is 12.9 Å². The molecule has 0 N–H and O–H groups in total. The summed E-state index contributed by atoms with van der Waals surface area (Å²) in [7, 11) is 0. The van der Waals surface area contributed by atoms with Crippen molar-refractivity contribution in [3.8, 4) is 33.4 Å². The molecule has 1 heterocycles. The molecule has 0 aliphatic rings. The van der Waals surface area contributed by atoms with Crippen LogP contribution in [0.1, 0.15) is 5.56 Å². The molecule has 5 aromatic rings. The second kappa shape index (κ2) is 7.97. The van der Waals surface area contributed by atoms with E-state index in [1.807, 2.05) is 30.3 Å². The molecule has 0 aliphatic carbocycles. The third-order valence-electron chi connectivity index (χ3n) is 5.62. The minimum atomic E-state index is -4.32. The van der Waals surface area contributed by atoms with E-state index in [0.29, 0.717) is 0 Å². The van der Waals surface area contributed by atoms with Crippen LogP contribution in [0.2, 0.25) is 0 Å². The first kappa shape index (κ1) is 20.0. The van der Waals surface area contributed by atoms with Gasteiger partial charge >= 0.3 is 6.18 Å². The molecule has 0 amide bonds. The second-order valence-electron chi connectivity index (χ2n) is 7.67. The van der Waals surface area contributed by atoms with Crippen molar-refractivity contribution in [2.75, 3.05) is 0 Å². The van der Waals surface area contributed by atoms with Crippen molar-refractivity contribution in [2.24, 2.45) is 0 Å². The highest BCUT2D eigenvalue weighted by Gasteiger charge is 2.29. The van der Waals surface area contributed by atoms with Gasteiger partial charge in [0.25, 0.3) is 0 Å². The van der Waals surface area contributed by atoms with Crippen LogP contribution in [0.4, 0.5) is 13.2 Å². The van der Waals surface area contributed by atoms with Crippen LogP contribution >= 0.6 is 0 Å². The van der Waals surface area contributed by atoms with Crippen molar-refractivity contribution in [1.82, 2.24) is 4.98 Å². The minimum Gasteiger partial charge on any atom is -0.265 e. The summed E-state index contributed by atoms with van der Waals surface area (Å²) in [5.41, 5.74) is 5.51. The largest absolute Gasteiger partial charge is 0.416 e. The lowest BCUT2D eigenvalue weighted by molar-refractivity contribution is -0.137. The molecule has 0 saturated heterocycles. The molecule has 0 fully saturated rings. The van der Waals surface area contributed by atoms with Crippen molar-refractivity contribution in [2.45, 2.75) is 6.18 Å². The number of hydrogen-bond acceptors (Lipinski definition) is 1. The molecule has 0 bridgehead atoms. The molecule has 4 aromatic carbocycles. The maximum absolute atomic E-state index is 12.8. The van der Waals surface area contributed by atoms with Gasteiger partial charge in [0.05, 0.1) is 5.56 Å². The quantitative estimate of drug-likeness (QED) is 0.284. The summed E-state index contributed by atoms with van der Waals surface area (Å²) >= 11 is 0. The molecule has 32 heavy (non-hydrogen) atoms. The molecule has 4 heteroatoms. The van der Waals surface area contributed by atoms with Crippen LogP contribution in [0.15, 0.2) is 109 Å². The lowest BCUT2D eigenvalue weighted by Gasteiger charge is -2.10. The first-order valence-electron chi connectivity index (χ1n) is 10.2. The van der Waals surface area contributed by atoms with E-state index in [0.717, 1.165) is 56.3 Å². The monoisotopic (exact) mass is 425 g/mol. The molecule has 0 unspecified atom stereocenters. The molecule has 0 radical (unpaired) electrons. The van der Waals surface area contributed by atoms with Crippen molar-refractivity contribution >= 4 is 10.8 Å². The minimum absolute atomic E-state index is 0.637. The van der Waals surface area contributed by atoms with E-state index in [2.05, 4.69) is 47.4 Å². The Morgan fingerprint density at radius 1 is 0.438 bits per heavy atom. The summed E-state index contributed by atoms with van der Waals surface area (Å²) in [6.07, 6.45) is -0.758. The van der Waals surface area contributed by atoms with Crippen LogP contribution < -0.4 is 0 Å². The normalized spacial score (nSPS) is 11.6. The Labute approximate surface area is 183 Å². The average molecular weight is 425 g/mol. The van der Waals surface area contributed by atoms with Gasteiger partial charge in [-0.3, -0.25) is 4.98 Å². The van der Waals surface area contributed by atoms with Gasteiger partial charge in [0.2, 0.25) is 0 Å². The zero-order valence-corrected chi connectivity index (χ0v) is 17.0. The summed E-state index contributed by atoms with van der Waals surface area (Å²) in [4.78, 5) is 4.06. The number of alkyl halides is 3. The smallest absolute Gasteiger partial charge is 0.265 e. The predicted octanol–water partition coefficient (Wildman–Crippen LogP) is 8.25. The lowest BCUT2D eigenvalue weighted by atomic mass is 9.96. The molecule has 1 aromatic heterocycles. The summed E-state index contributed by atoms with van der Waals surface area (Å²) in [6.45, 7) is 0. The van der Waals surface area contributed by atoms with E-state index in [1.165, 1.54) is 12.1 Å². The Kier molecular flexibility index (Phi) is 4.98. The SMILES string of the molecule is FC(F)(F)c1ccc(-c2ccc3cc(-c4ccc(-c5ccncc5)cc4)ccc3c2)cc1. The average Bonchev–Trinajstić information content (AvgIpc) is 2.83. The third kappa shape index (κ3) is 4.00. The highest BCUT2D eigenvalue weighted by atomic mass is 19.4. The van der Waals surface area contributed by atoms with Crippen LogP contribution in [0, 0.1) is 0 Å². The maximum Gasteiger partial charge on any atom is 0.416 e. The van der Waals surface area contributed by atoms with Gasteiger partial charge in [0.15, 0.2) is 0 Å². The molecule has 5 rings (SSSR count). The molecule has 1 nitrogen and oxygen atoms in total. The van der Waals surface area contributed by atoms with Gasteiger partial charge in [0, 0.05) is 12.4 Å². The number of halogens is 3. The van der Waals surface area contributed by atoms with E-state index >= 15 is 0 Å². The summed E-state index contributed by atoms with van der Waals surface area (Å²) in [5, 5.41) is 2.12. The number of pyridine rings is 1. The zero-order chi connectivity index (χ0) is 22.1. The van der Waals surface area contributed by atoms with E-state index in [1.54, 1.807) is 12.4 Å². The summed E-state index contributed by atoms with van der Waals surface area (Å²) < 4.78 is 38.4. The Morgan fingerprint density at radius 3 is 1.28 bits per heavy atom. The van der Waals surface area contributed by atoms with Crippen LogP contribution in [-0.4, -0.2) is 4.98 Å². The maximum atomic E-state index is 12.8. The van der Waals surface area contributed by atoms with Crippen molar-refractivity contribution in [3.63, 3.8) is 0 Å². The van der Waals surface area contributed by atoms with E-state index in [-0.39, 0.29) is 0 Å². The lowest BCUT2D eigenvalue weighted by Crippen LogP contribution is -2.03. The van der Waals surface area contributed by atoms with Gasteiger partial charge in [-0.25, -0.2) is 0 Å². The molecule has 0 saturated carbocycles. The molecular weight excluding hydrogens is 407 g/mol. The number of hydrogen-bond donors (Lipinski definition) is 0. The van der Waals surface area contributed by atoms with Gasteiger partial charge in [0.1, 0.15) is 0 Å². The Bertz CT molecular complexity index is 1370. The highest BCUT2D eigenvalue weighted by Crippen LogP contribution is 2.33. The standard InChI is InChI=1S/C28H18F3N/c29-28(30,31)27-11-9-21(10-12-27)24-6-8-25-17-23(5-7-26(25)18-24)20-3-1-19(2-4-20)22-13-15-32-16-14-22/h1-18H. The number of aromatic nitrogens is 1. The zero-order valence-electron chi connectivity index (χ0n) is 17.0. The summed E-state index contributed by atoms with van der Waals surface area (Å²) in [5.74, 6) is 0. The fraction of sp³-hybridized carbons (Fsp3) is 0.0357. The molecule has 0 spiro atoms. The molecule has 156 valence electrons. The number of benzene rings is 4. The van der Waals surface area contributed by atoms with Crippen molar-refractivity contribution in [3.05, 3.63) is 115 Å². The Morgan fingerprint density at radius 2 is 0.812 bits per heavy atom. The summed E-state index contributed by atoms with van der Waals surface area (Å²) in [6, 6.07) is 29.9. The van der Waals surface area contributed by atoms with Crippen molar-refractivity contribution < 1.29 is 13.2 Å². The van der Waals surface area contributed by atoms with Crippen LogP contribution in [-0.2, 0) is 6.18 Å². The van der Waals surface area contributed by atoms with Gasteiger partial charge in [-0.1, -0.05) is 60.7 Å². The van der Waals surface area contributed by atoms with Gasteiger partial charge in [-0.05, 0) is 80.6 Å².